The van der Waals surface area contributed by atoms with Crippen LogP contribution in [0.25, 0.3) is 87.7 Å². The van der Waals surface area contributed by atoms with Gasteiger partial charge in [-0.05, 0) is 336 Å². The Kier molecular flexibility index (Phi) is 22.4. The molecule has 2 aromatic heterocycles. The molecular formula is C114H92N6O10. The number of benzene rings is 18. The molecule has 130 heavy (non-hydrogen) atoms. The molecule has 0 atom stereocenters. The van der Waals surface area contributed by atoms with E-state index in [2.05, 4.69) is 308 Å². The molecule has 20 rings (SSSR count). The van der Waals surface area contributed by atoms with Gasteiger partial charge in [-0.3, -0.25) is 0 Å². The average Bonchev–Trinajstić information content (AvgIpc) is 1.52. The molecule has 0 aliphatic rings. The van der Waals surface area contributed by atoms with Crippen molar-refractivity contribution in [1.29, 1.82) is 0 Å². The highest BCUT2D eigenvalue weighted by atomic mass is 16.5. The highest BCUT2D eigenvalue weighted by molar-refractivity contribution is 6.16. The maximum atomic E-state index is 7.26. The van der Waals surface area contributed by atoms with Crippen molar-refractivity contribution in [3.05, 3.63) is 399 Å². The van der Waals surface area contributed by atoms with Crippen molar-refractivity contribution in [2.24, 2.45) is 0 Å². The monoisotopic (exact) mass is 1700 g/mol. The first-order valence-electron chi connectivity index (χ1n) is 43.0. The number of methoxy groups -OCH3 is 8. The van der Waals surface area contributed by atoms with Crippen molar-refractivity contribution in [1.82, 2.24) is 9.13 Å². The zero-order chi connectivity index (χ0) is 88.3. The molecule has 0 bridgehead atoms. The van der Waals surface area contributed by atoms with Gasteiger partial charge in [0.25, 0.3) is 0 Å². The molecule has 0 radical (unpaired) electrons. The third-order valence-electron chi connectivity index (χ3n) is 24.3. The molecular weight excluding hydrogens is 1610 g/mol. The summed E-state index contributed by atoms with van der Waals surface area (Å²) in [5.74, 6) is 7.46. The molecule has 0 N–H and O–H groups in total. The average molecular weight is 1710 g/mol. The van der Waals surface area contributed by atoms with Gasteiger partial charge in [0.2, 0.25) is 0 Å². The molecule has 0 saturated carbocycles. The van der Waals surface area contributed by atoms with Gasteiger partial charge >= 0.3 is 0 Å². The summed E-state index contributed by atoms with van der Waals surface area (Å²) in [5.41, 5.74) is 21.2. The molecule has 16 nitrogen and oxygen atoms in total. The number of hydrogen-bond donors (Lipinski definition) is 0. The van der Waals surface area contributed by atoms with Gasteiger partial charge in [0.15, 0.2) is 0 Å². The Hall–Kier alpha value is -16.7. The third-order valence-corrected chi connectivity index (χ3v) is 24.3. The number of hydrogen-bond acceptors (Lipinski definition) is 14. The Morgan fingerprint density at radius 1 is 0.192 bits per heavy atom. The lowest BCUT2D eigenvalue weighted by Gasteiger charge is -2.26. The van der Waals surface area contributed by atoms with E-state index in [4.69, 9.17) is 47.4 Å². The summed E-state index contributed by atoms with van der Waals surface area (Å²) in [4.78, 5) is 9.09. The fraction of sp³-hybridized carbons (Fsp3) is 0.0877. The molecule has 0 spiro atoms. The van der Waals surface area contributed by atoms with Gasteiger partial charge in [-0.2, -0.15) is 0 Å². The first kappa shape index (κ1) is 81.6. The second kappa shape index (κ2) is 35.7. The van der Waals surface area contributed by atoms with E-state index >= 15 is 0 Å². The number of anilines is 12. The first-order valence-corrected chi connectivity index (χ1v) is 43.0. The number of ether oxygens (including phenoxy) is 10. The largest absolute Gasteiger partial charge is 0.497 e. The van der Waals surface area contributed by atoms with E-state index in [1.54, 1.807) is 56.9 Å². The lowest BCUT2D eigenvalue weighted by Crippen LogP contribution is -2.10. The zero-order valence-corrected chi connectivity index (χ0v) is 73.1. The molecule has 20 aromatic rings. The molecule has 0 saturated heterocycles. The van der Waals surface area contributed by atoms with Crippen LogP contribution in [0.2, 0.25) is 0 Å². The minimum Gasteiger partial charge on any atom is -0.497 e. The van der Waals surface area contributed by atoms with Gasteiger partial charge < -0.3 is 76.1 Å². The molecule has 0 unspecified atom stereocenters. The molecule has 16 heteroatoms. The summed E-state index contributed by atoms with van der Waals surface area (Å²) in [6.45, 7) is 0.626. The highest BCUT2D eigenvalue weighted by Gasteiger charge is 2.28. The molecule has 0 aliphatic carbocycles. The van der Waals surface area contributed by atoms with Gasteiger partial charge in [0.1, 0.15) is 70.7 Å². The Labute approximate surface area is 754 Å². The van der Waals surface area contributed by atoms with E-state index in [0.29, 0.717) is 24.7 Å². The number of fused-ring (bicyclic) bond motifs is 8. The number of nitrogens with zero attached hydrogens (tertiary/aromatic N) is 6. The first-order chi connectivity index (χ1) is 64.0. The van der Waals surface area contributed by atoms with Crippen molar-refractivity contribution < 1.29 is 47.4 Å². The second-order valence-electron chi connectivity index (χ2n) is 31.6. The predicted molar refractivity (Wildman–Crippen MR) is 528 cm³/mol. The van der Waals surface area contributed by atoms with Gasteiger partial charge in [-0.1, -0.05) is 84.9 Å². The standard InChI is InChI=1S/C114H92N6O10/c1-121-93-43-21-79(22-44-93)115(80-23-45-94(122-2)46-24-80)89-39-61-107-103(69-89)104-70-90(116(81-25-47-95(123-3)48-26-81)82-27-49-96(124-4)50-28-82)40-62-108(104)119(107)87-37-59-101-77(67-87)19-65-111(129-73-75-15-11-9-12-16-75)113(101)114-102-60-38-88(68-78(102)20-66-112(114)130-74-76-17-13-10-14-18-76)120-109-63-41-91(117(83-29-51-97(125-5)52-30-83)84-31-53-98(126-6)54-32-84)71-105(109)106-72-92(42-64-110(106)120)118(85-33-55-99(127-7)56-34-85)86-35-57-100(128-8)58-36-86/h9-72H,73-74H2,1-8H3. The van der Waals surface area contributed by atoms with Gasteiger partial charge in [0.05, 0.1) is 78.9 Å². The Morgan fingerprint density at radius 2 is 0.408 bits per heavy atom. The Bertz CT molecular complexity index is 6530. The second-order valence-corrected chi connectivity index (χ2v) is 31.6. The van der Waals surface area contributed by atoms with E-state index in [0.717, 1.165) is 213 Å². The number of aromatic nitrogens is 2. The van der Waals surface area contributed by atoms with Crippen LogP contribution in [0.1, 0.15) is 11.1 Å². The van der Waals surface area contributed by atoms with E-state index in [9.17, 15) is 0 Å². The van der Waals surface area contributed by atoms with E-state index in [1.165, 1.54) is 0 Å². The topological polar surface area (TPSA) is 115 Å². The van der Waals surface area contributed by atoms with Crippen LogP contribution in [0.15, 0.2) is 388 Å². The van der Waals surface area contributed by atoms with Crippen LogP contribution < -0.4 is 67.0 Å². The van der Waals surface area contributed by atoms with E-state index in [-0.39, 0.29) is 0 Å². The fourth-order valence-corrected chi connectivity index (χ4v) is 17.8. The number of rotatable bonds is 29. The van der Waals surface area contributed by atoms with Crippen LogP contribution in [0.3, 0.4) is 0 Å². The molecule has 18 aromatic carbocycles. The quantitative estimate of drug-likeness (QED) is 0.0443. The lowest BCUT2D eigenvalue weighted by molar-refractivity contribution is 0.303. The normalized spacial score (nSPS) is 11.3. The van der Waals surface area contributed by atoms with Crippen molar-refractivity contribution in [3.63, 3.8) is 0 Å². The highest BCUT2D eigenvalue weighted by Crippen LogP contribution is 2.52. The predicted octanol–water partition coefficient (Wildman–Crippen LogP) is 29.0. The summed E-state index contributed by atoms with van der Waals surface area (Å²) >= 11 is 0. The van der Waals surface area contributed by atoms with Gasteiger partial charge in [0, 0.05) is 112 Å². The summed E-state index contributed by atoms with van der Waals surface area (Å²) in [7, 11) is 13.5. The summed E-state index contributed by atoms with van der Waals surface area (Å²) in [5, 5.41) is 8.04. The minimum atomic E-state index is 0.313. The fourth-order valence-electron chi connectivity index (χ4n) is 17.8. The summed E-state index contributed by atoms with van der Waals surface area (Å²) in [6.07, 6.45) is 0. The van der Waals surface area contributed by atoms with Gasteiger partial charge in [-0.15, -0.1) is 0 Å². The van der Waals surface area contributed by atoms with Crippen molar-refractivity contribution in [2.75, 3.05) is 76.5 Å². The van der Waals surface area contributed by atoms with Crippen LogP contribution in [0.4, 0.5) is 68.2 Å². The van der Waals surface area contributed by atoms with Crippen molar-refractivity contribution in [2.45, 2.75) is 13.2 Å². The minimum absolute atomic E-state index is 0.313. The van der Waals surface area contributed by atoms with Crippen LogP contribution >= 0.6 is 0 Å². The van der Waals surface area contributed by atoms with Gasteiger partial charge in [-0.25, -0.2) is 0 Å². The Balaban J connectivity index is 0.788. The molecule has 0 amide bonds. The molecule has 0 aliphatic heterocycles. The van der Waals surface area contributed by atoms with E-state index < -0.39 is 0 Å². The van der Waals surface area contributed by atoms with Crippen molar-refractivity contribution >= 4 is 133 Å². The maximum Gasteiger partial charge on any atom is 0.128 e. The maximum absolute atomic E-state index is 7.26. The van der Waals surface area contributed by atoms with Crippen LogP contribution in [0, 0.1) is 0 Å². The smallest absolute Gasteiger partial charge is 0.128 e. The third kappa shape index (κ3) is 15.7. The van der Waals surface area contributed by atoms with Crippen LogP contribution in [0.5, 0.6) is 57.5 Å². The summed E-state index contributed by atoms with van der Waals surface area (Å²) in [6, 6.07) is 136. The molecule has 0 fully saturated rings. The molecule has 638 valence electrons. The Morgan fingerprint density at radius 3 is 0.623 bits per heavy atom. The van der Waals surface area contributed by atoms with E-state index in [1.807, 2.05) is 109 Å². The van der Waals surface area contributed by atoms with Crippen LogP contribution in [-0.2, 0) is 13.2 Å². The molecule has 2 heterocycles. The lowest BCUT2D eigenvalue weighted by atomic mass is 9.91. The summed E-state index contributed by atoms with van der Waals surface area (Å²) < 4.78 is 65.1. The zero-order valence-electron chi connectivity index (χ0n) is 73.1. The SMILES string of the molecule is COc1ccc(N(c2ccc(OC)cc2)c2ccc3c(c2)c2cc(N(c4ccc(OC)cc4)c4ccc(OC)cc4)ccc2n3-c2ccc3c(-c4c(OCc5ccccc5)ccc5cc(-n6c7ccc(N(c8ccc(OC)cc8)c8ccc(OC)cc8)cc7c7cc(N(c8ccc(OC)cc8)c8ccc(OC)cc8)ccc76)ccc45)c(OCc4ccccc4)ccc3c2)cc1. The van der Waals surface area contributed by atoms with Crippen molar-refractivity contribution in [3.8, 4) is 80.0 Å². The van der Waals surface area contributed by atoms with Crippen LogP contribution in [-0.4, -0.2) is 66.0 Å².